The van der Waals surface area contributed by atoms with Crippen LogP contribution in [0, 0.1) is 0 Å². The third kappa shape index (κ3) is 4.92. The van der Waals surface area contributed by atoms with Gasteiger partial charge in [0.2, 0.25) is 0 Å². The minimum atomic E-state index is -0.628. The average Bonchev–Trinajstić information content (AvgIpc) is 3.34. The fourth-order valence-corrected chi connectivity index (χ4v) is 5.23. The van der Waals surface area contributed by atoms with Crippen LogP contribution in [0.2, 0.25) is 0 Å². The van der Waals surface area contributed by atoms with E-state index >= 15 is 0 Å². The molecular weight excluding hydrogens is 452 g/mol. The van der Waals surface area contributed by atoms with Gasteiger partial charge >= 0.3 is 0 Å². The number of Topliss-reactive ketones (excluding diaryl/α,β-unsaturated/α-hetero) is 1. The maximum atomic E-state index is 13.4. The zero-order chi connectivity index (χ0) is 26.2. The van der Waals surface area contributed by atoms with Crippen molar-refractivity contribution >= 4 is 17.4 Å². The average molecular weight is 492 g/mol. The molecule has 2 aliphatic rings. The minimum Gasteiger partial charge on any atom is -0.507 e. The number of aliphatic hydroxyl groups excluding tert-OH is 1. The van der Waals surface area contributed by atoms with Crippen molar-refractivity contribution in [2.45, 2.75) is 65.5 Å². The van der Waals surface area contributed by atoms with Gasteiger partial charge in [0.25, 0.3) is 11.7 Å². The van der Waals surface area contributed by atoms with E-state index in [2.05, 4.69) is 46.8 Å². The number of hydrogen-bond acceptors (Lipinski definition) is 4. The van der Waals surface area contributed by atoms with Crippen LogP contribution in [-0.4, -0.2) is 54.0 Å². The number of ether oxygens (including phenoxy) is 1. The zero-order valence-electron chi connectivity index (χ0n) is 22.4. The molecule has 2 aliphatic heterocycles. The molecule has 0 aliphatic carbocycles. The highest BCUT2D eigenvalue weighted by atomic mass is 16.5. The van der Waals surface area contributed by atoms with Gasteiger partial charge in [-0.05, 0) is 61.1 Å². The van der Waals surface area contributed by atoms with Gasteiger partial charge < -0.3 is 19.6 Å². The van der Waals surface area contributed by atoms with Crippen LogP contribution in [0.15, 0.2) is 48.0 Å². The molecular formula is C30H39N2O4+. The van der Waals surface area contributed by atoms with E-state index < -0.39 is 17.7 Å². The highest BCUT2D eigenvalue weighted by Gasteiger charge is 2.46. The summed E-state index contributed by atoms with van der Waals surface area (Å²) in [7, 11) is 0. The Bertz CT molecular complexity index is 1170. The number of hydrogen-bond donors (Lipinski definition) is 2. The van der Waals surface area contributed by atoms with Crippen LogP contribution in [0.3, 0.4) is 0 Å². The monoisotopic (exact) mass is 491 g/mol. The van der Waals surface area contributed by atoms with Gasteiger partial charge in [0.15, 0.2) is 0 Å². The molecule has 6 heteroatoms. The van der Waals surface area contributed by atoms with Gasteiger partial charge in [-0.15, -0.1) is 0 Å². The standard InChI is InChI=1S/C30H38N2O4/c1-7-31(8-2)15-16-32-26(20-9-12-23(13-10-20)30(4,5)6)25(28(34)29(32)35)27(33)21-11-14-24-22(18-21)17-19(3)36-24/h9-14,18-19,26,33H,7-8,15-17H2,1-6H3/p+1/t19-,26-/m0/s1. The van der Waals surface area contributed by atoms with Crippen molar-refractivity contribution in [3.05, 3.63) is 70.3 Å². The van der Waals surface area contributed by atoms with E-state index in [1.165, 1.54) is 10.5 Å². The molecule has 1 amide bonds. The Labute approximate surface area is 214 Å². The molecule has 1 saturated heterocycles. The summed E-state index contributed by atoms with van der Waals surface area (Å²) in [6.45, 7) is 15.8. The summed E-state index contributed by atoms with van der Waals surface area (Å²) < 4.78 is 5.80. The molecule has 0 unspecified atom stereocenters. The summed E-state index contributed by atoms with van der Waals surface area (Å²) in [6, 6.07) is 12.9. The summed E-state index contributed by atoms with van der Waals surface area (Å²) in [5.41, 5.74) is 3.67. The quantitative estimate of drug-likeness (QED) is 0.352. The van der Waals surface area contributed by atoms with Crippen LogP contribution < -0.4 is 9.64 Å². The number of rotatable bonds is 7. The van der Waals surface area contributed by atoms with Crippen LogP contribution in [-0.2, 0) is 21.4 Å². The third-order valence-corrected chi connectivity index (χ3v) is 7.51. The predicted octanol–water partition coefficient (Wildman–Crippen LogP) is 3.65. The molecule has 6 nitrogen and oxygen atoms in total. The molecule has 2 atom stereocenters. The van der Waals surface area contributed by atoms with Gasteiger partial charge in [0, 0.05) is 12.0 Å². The minimum absolute atomic E-state index is 0.0178. The maximum Gasteiger partial charge on any atom is 0.295 e. The van der Waals surface area contributed by atoms with Gasteiger partial charge in [-0.1, -0.05) is 45.0 Å². The van der Waals surface area contributed by atoms with E-state index in [1.54, 1.807) is 11.0 Å². The summed E-state index contributed by atoms with van der Waals surface area (Å²) in [6.07, 6.45) is 0.821. The number of nitrogens with zero attached hydrogens (tertiary/aromatic N) is 1. The van der Waals surface area contributed by atoms with Crippen molar-refractivity contribution in [1.29, 1.82) is 0 Å². The Morgan fingerprint density at radius 2 is 1.75 bits per heavy atom. The van der Waals surface area contributed by atoms with E-state index in [0.29, 0.717) is 12.1 Å². The number of carbonyl (C=O) groups is 2. The fraction of sp³-hybridized carbons (Fsp3) is 0.467. The molecule has 192 valence electrons. The lowest BCUT2D eigenvalue weighted by atomic mass is 9.85. The third-order valence-electron chi connectivity index (χ3n) is 7.51. The molecule has 0 aromatic heterocycles. The van der Waals surface area contributed by atoms with Crippen molar-refractivity contribution in [2.75, 3.05) is 26.2 Å². The second kappa shape index (κ2) is 10.1. The highest BCUT2D eigenvalue weighted by Crippen LogP contribution is 2.40. The van der Waals surface area contributed by atoms with Crippen LogP contribution >= 0.6 is 0 Å². The maximum absolute atomic E-state index is 13.4. The van der Waals surface area contributed by atoms with Crippen molar-refractivity contribution in [3.8, 4) is 5.75 Å². The molecule has 36 heavy (non-hydrogen) atoms. The van der Waals surface area contributed by atoms with E-state index in [4.69, 9.17) is 4.74 Å². The van der Waals surface area contributed by atoms with E-state index in [-0.39, 0.29) is 22.9 Å². The number of likely N-dealkylation sites (N-methyl/N-ethyl adjacent to an activating group) is 1. The lowest BCUT2D eigenvalue weighted by Gasteiger charge is -2.27. The Morgan fingerprint density at radius 3 is 2.36 bits per heavy atom. The topological polar surface area (TPSA) is 71.3 Å². The first-order valence-electron chi connectivity index (χ1n) is 13.1. The second-order valence-electron chi connectivity index (χ2n) is 11.0. The Morgan fingerprint density at radius 1 is 1.08 bits per heavy atom. The van der Waals surface area contributed by atoms with Crippen molar-refractivity contribution < 1.29 is 24.3 Å². The number of benzene rings is 2. The second-order valence-corrected chi connectivity index (χ2v) is 11.0. The Kier molecular flexibility index (Phi) is 7.28. The Balaban J connectivity index is 1.79. The number of aliphatic hydroxyl groups is 1. The lowest BCUT2D eigenvalue weighted by molar-refractivity contribution is -0.895. The summed E-state index contributed by atoms with van der Waals surface area (Å²) in [5, 5.41) is 11.4. The SMILES string of the molecule is CC[NH+](CC)CCN1C(=O)C(=O)C(=C(O)c2ccc3c(c2)C[C@H](C)O3)[C@@H]1c1ccc(C(C)(C)C)cc1. The van der Waals surface area contributed by atoms with E-state index in [9.17, 15) is 14.7 Å². The number of nitrogens with one attached hydrogen (secondary N) is 1. The number of amides is 1. The van der Waals surface area contributed by atoms with Crippen LogP contribution in [0.4, 0.5) is 0 Å². The number of fused-ring (bicyclic) bond motifs is 1. The first kappa shape index (κ1) is 26.0. The highest BCUT2D eigenvalue weighted by molar-refractivity contribution is 6.46. The first-order chi connectivity index (χ1) is 17.0. The molecule has 0 bridgehead atoms. The van der Waals surface area contributed by atoms with Crippen molar-refractivity contribution in [3.63, 3.8) is 0 Å². The number of likely N-dealkylation sites (tertiary alicyclic amines) is 1. The predicted molar refractivity (Wildman–Crippen MR) is 141 cm³/mol. The normalized spacial score (nSPS) is 21.2. The molecule has 2 aromatic rings. The van der Waals surface area contributed by atoms with Crippen molar-refractivity contribution in [2.24, 2.45) is 0 Å². The zero-order valence-corrected chi connectivity index (χ0v) is 22.4. The molecule has 0 spiro atoms. The van der Waals surface area contributed by atoms with Gasteiger partial charge in [-0.3, -0.25) is 9.59 Å². The van der Waals surface area contributed by atoms with E-state index in [0.717, 1.165) is 42.9 Å². The lowest BCUT2D eigenvalue weighted by Crippen LogP contribution is -3.12. The summed E-state index contributed by atoms with van der Waals surface area (Å²) in [4.78, 5) is 29.6. The van der Waals surface area contributed by atoms with Crippen LogP contribution in [0.1, 0.15) is 69.8 Å². The van der Waals surface area contributed by atoms with Gasteiger partial charge in [0.05, 0.1) is 37.8 Å². The molecule has 0 radical (unpaired) electrons. The smallest absolute Gasteiger partial charge is 0.295 e. The molecule has 0 saturated carbocycles. The largest absolute Gasteiger partial charge is 0.507 e. The number of ketones is 1. The summed E-state index contributed by atoms with van der Waals surface area (Å²) in [5.74, 6) is -0.502. The molecule has 2 heterocycles. The fourth-order valence-electron chi connectivity index (χ4n) is 5.23. The first-order valence-corrected chi connectivity index (χ1v) is 13.1. The Hall–Kier alpha value is -3.12. The molecule has 4 rings (SSSR count). The van der Waals surface area contributed by atoms with Gasteiger partial charge in [0.1, 0.15) is 17.6 Å². The van der Waals surface area contributed by atoms with Crippen molar-refractivity contribution in [1.82, 2.24) is 4.90 Å². The van der Waals surface area contributed by atoms with Gasteiger partial charge in [-0.2, -0.15) is 0 Å². The molecule has 1 fully saturated rings. The number of quaternary nitrogens is 1. The van der Waals surface area contributed by atoms with Crippen LogP contribution in [0.5, 0.6) is 5.75 Å². The summed E-state index contributed by atoms with van der Waals surface area (Å²) >= 11 is 0. The molecule has 2 N–H and O–H groups in total. The van der Waals surface area contributed by atoms with Crippen LogP contribution in [0.25, 0.3) is 5.76 Å². The number of carbonyl (C=O) groups excluding carboxylic acids is 2. The molecule has 2 aromatic carbocycles. The van der Waals surface area contributed by atoms with Gasteiger partial charge in [-0.25, -0.2) is 0 Å². The van der Waals surface area contributed by atoms with E-state index in [1.807, 2.05) is 31.2 Å².